The second-order valence-electron chi connectivity index (χ2n) is 5.89. The van der Waals surface area contributed by atoms with E-state index in [-0.39, 0.29) is 12.1 Å². The van der Waals surface area contributed by atoms with E-state index in [4.69, 9.17) is 0 Å². The van der Waals surface area contributed by atoms with Crippen LogP contribution in [-0.2, 0) is 19.9 Å². The Bertz CT molecular complexity index is 676. The zero-order valence-corrected chi connectivity index (χ0v) is 15.3. The van der Waals surface area contributed by atoms with Crippen LogP contribution in [0.3, 0.4) is 0 Å². The summed E-state index contributed by atoms with van der Waals surface area (Å²) < 4.78 is 1.88. The largest absolute Gasteiger partial charge is 0.338 e. The molecule has 0 spiro atoms. The van der Waals surface area contributed by atoms with Crippen molar-refractivity contribution in [1.82, 2.24) is 25.4 Å². The van der Waals surface area contributed by atoms with E-state index >= 15 is 0 Å². The second kappa shape index (κ2) is 7.59. The van der Waals surface area contributed by atoms with Gasteiger partial charge in [0.05, 0.1) is 16.4 Å². The van der Waals surface area contributed by atoms with E-state index in [0.717, 1.165) is 34.9 Å². The molecule has 0 bridgehead atoms. The molecule has 0 saturated heterocycles. The van der Waals surface area contributed by atoms with Crippen molar-refractivity contribution < 1.29 is 4.79 Å². The maximum atomic E-state index is 12.0. The van der Waals surface area contributed by atoms with E-state index < -0.39 is 0 Å². The lowest BCUT2D eigenvalue weighted by atomic mass is 10.1. The summed E-state index contributed by atoms with van der Waals surface area (Å²) in [6.07, 6.45) is 1.54. The molecule has 2 N–H and O–H groups in total. The standard InChI is InChI=1S/C16H25N5OS/c1-10(8-15-11(2)20-21(5)12(15)3)18-16(22)17-7-6-14-9-23-13(4)19-14/h9-10H,6-8H2,1-5H3,(H2,17,18,22). The molecule has 2 amide bonds. The molecule has 1 atom stereocenters. The molecule has 2 aromatic heterocycles. The molecule has 1 unspecified atom stereocenters. The molecule has 2 rings (SSSR count). The number of urea groups is 1. The second-order valence-corrected chi connectivity index (χ2v) is 6.95. The predicted octanol–water partition coefficient (Wildman–Crippen LogP) is 2.27. The van der Waals surface area contributed by atoms with Gasteiger partial charge in [-0.25, -0.2) is 9.78 Å². The van der Waals surface area contributed by atoms with Crippen LogP contribution in [0.2, 0.25) is 0 Å². The van der Waals surface area contributed by atoms with Crippen molar-refractivity contribution in [2.45, 2.75) is 46.6 Å². The van der Waals surface area contributed by atoms with Crippen LogP contribution in [0.25, 0.3) is 0 Å². The fourth-order valence-electron chi connectivity index (χ4n) is 2.57. The molecule has 126 valence electrons. The van der Waals surface area contributed by atoms with Crippen LogP contribution in [0.5, 0.6) is 0 Å². The minimum Gasteiger partial charge on any atom is -0.338 e. The van der Waals surface area contributed by atoms with E-state index in [0.29, 0.717) is 6.54 Å². The monoisotopic (exact) mass is 335 g/mol. The van der Waals surface area contributed by atoms with Crippen molar-refractivity contribution in [3.63, 3.8) is 0 Å². The summed E-state index contributed by atoms with van der Waals surface area (Å²) in [5.74, 6) is 0. The SMILES string of the molecule is Cc1nc(CCNC(=O)NC(C)Cc2c(C)nn(C)c2C)cs1. The molecule has 0 fully saturated rings. The van der Waals surface area contributed by atoms with Crippen molar-refractivity contribution in [3.8, 4) is 0 Å². The lowest BCUT2D eigenvalue weighted by Gasteiger charge is -2.15. The smallest absolute Gasteiger partial charge is 0.315 e. The summed E-state index contributed by atoms with van der Waals surface area (Å²) >= 11 is 1.63. The first-order chi connectivity index (χ1) is 10.9. The highest BCUT2D eigenvalue weighted by atomic mass is 32.1. The number of amides is 2. The van der Waals surface area contributed by atoms with Gasteiger partial charge in [0.2, 0.25) is 0 Å². The number of nitrogens with zero attached hydrogens (tertiary/aromatic N) is 3. The van der Waals surface area contributed by atoms with Gasteiger partial charge in [0.15, 0.2) is 0 Å². The first-order valence-electron chi connectivity index (χ1n) is 7.81. The number of hydrogen-bond acceptors (Lipinski definition) is 4. The Hall–Kier alpha value is -1.89. The number of rotatable bonds is 6. The van der Waals surface area contributed by atoms with Crippen LogP contribution in [0.4, 0.5) is 4.79 Å². The molecule has 0 aliphatic heterocycles. The fourth-order valence-corrected chi connectivity index (χ4v) is 3.22. The van der Waals surface area contributed by atoms with Crippen LogP contribution >= 0.6 is 11.3 Å². The van der Waals surface area contributed by atoms with E-state index in [1.807, 2.05) is 37.9 Å². The molecular weight excluding hydrogens is 310 g/mol. The lowest BCUT2D eigenvalue weighted by molar-refractivity contribution is 0.238. The average molecular weight is 335 g/mol. The Morgan fingerprint density at radius 3 is 2.70 bits per heavy atom. The average Bonchev–Trinajstić information content (AvgIpc) is 2.98. The molecule has 0 aliphatic carbocycles. The van der Waals surface area contributed by atoms with Gasteiger partial charge in [-0.05, 0) is 39.7 Å². The van der Waals surface area contributed by atoms with Gasteiger partial charge in [-0.3, -0.25) is 4.68 Å². The number of thiazole rings is 1. The number of carbonyl (C=O) groups excluding carboxylic acids is 1. The third kappa shape index (κ3) is 4.79. The van der Waals surface area contributed by atoms with Gasteiger partial charge in [-0.1, -0.05) is 0 Å². The third-order valence-corrected chi connectivity index (χ3v) is 4.70. The Morgan fingerprint density at radius 2 is 2.13 bits per heavy atom. The predicted molar refractivity (Wildman–Crippen MR) is 92.9 cm³/mol. The van der Waals surface area contributed by atoms with Gasteiger partial charge >= 0.3 is 6.03 Å². The topological polar surface area (TPSA) is 71.8 Å². The zero-order chi connectivity index (χ0) is 17.0. The molecule has 0 radical (unpaired) electrons. The zero-order valence-electron chi connectivity index (χ0n) is 14.4. The normalized spacial score (nSPS) is 12.2. The Kier molecular flexibility index (Phi) is 5.76. The summed E-state index contributed by atoms with van der Waals surface area (Å²) in [5.41, 5.74) is 4.41. The third-order valence-electron chi connectivity index (χ3n) is 3.88. The Labute approximate surface area is 141 Å². The number of aromatic nitrogens is 3. The van der Waals surface area contributed by atoms with Crippen LogP contribution in [0.1, 0.15) is 34.6 Å². The van der Waals surface area contributed by atoms with E-state index in [1.165, 1.54) is 5.56 Å². The Balaban J connectivity index is 1.76. The molecule has 2 aromatic rings. The highest BCUT2D eigenvalue weighted by molar-refractivity contribution is 7.09. The van der Waals surface area contributed by atoms with Gasteiger partial charge < -0.3 is 10.6 Å². The first kappa shape index (κ1) is 17.5. The maximum absolute atomic E-state index is 12.0. The lowest BCUT2D eigenvalue weighted by Crippen LogP contribution is -2.42. The Morgan fingerprint density at radius 1 is 1.39 bits per heavy atom. The molecule has 7 heteroatoms. The van der Waals surface area contributed by atoms with Crippen molar-refractivity contribution in [2.24, 2.45) is 7.05 Å². The molecule has 0 saturated carbocycles. The minimum atomic E-state index is -0.136. The van der Waals surface area contributed by atoms with Crippen LogP contribution in [0.15, 0.2) is 5.38 Å². The van der Waals surface area contributed by atoms with Gasteiger partial charge in [-0.2, -0.15) is 5.10 Å². The highest BCUT2D eigenvalue weighted by Crippen LogP contribution is 2.14. The van der Waals surface area contributed by atoms with Crippen molar-refractivity contribution in [1.29, 1.82) is 0 Å². The quantitative estimate of drug-likeness (QED) is 0.851. The van der Waals surface area contributed by atoms with E-state index in [1.54, 1.807) is 11.3 Å². The first-order valence-corrected chi connectivity index (χ1v) is 8.69. The molecule has 0 aromatic carbocycles. The molecule has 23 heavy (non-hydrogen) atoms. The van der Waals surface area contributed by atoms with Crippen LogP contribution < -0.4 is 10.6 Å². The van der Waals surface area contributed by atoms with Crippen molar-refractivity contribution in [2.75, 3.05) is 6.54 Å². The maximum Gasteiger partial charge on any atom is 0.315 e. The summed E-state index contributed by atoms with van der Waals surface area (Å²) in [4.78, 5) is 16.3. The molecular formula is C16H25N5OS. The summed E-state index contributed by atoms with van der Waals surface area (Å²) in [7, 11) is 1.94. The van der Waals surface area contributed by atoms with E-state index in [9.17, 15) is 4.79 Å². The van der Waals surface area contributed by atoms with Gasteiger partial charge in [0.1, 0.15) is 0 Å². The van der Waals surface area contributed by atoms with Crippen LogP contribution in [0, 0.1) is 20.8 Å². The minimum absolute atomic E-state index is 0.0538. The van der Waals surface area contributed by atoms with Gasteiger partial charge in [0, 0.05) is 37.1 Å². The highest BCUT2D eigenvalue weighted by Gasteiger charge is 2.14. The summed E-state index contributed by atoms with van der Waals surface area (Å²) in [6.45, 7) is 8.64. The van der Waals surface area contributed by atoms with Crippen molar-refractivity contribution >= 4 is 17.4 Å². The fraction of sp³-hybridized carbons (Fsp3) is 0.562. The molecule has 6 nitrogen and oxygen atoms in total. The molecule has 2 heterocycles. The number of carbonyl (C=O) groups is 1. The summed E-state index contributed by atoms with van der Waals surface area (Å²) in [6, 6.07) is -0.0817. The van der Waals surface area contributed by atoms with Crippen LogP contribution in [-0.4, -0.2) is 33.4 Å². The van der Waals surface area contributed by atoms with E-state index in [2.05, 4.69) is 27.6 Å². The number of aryl methyl sites for hydroxylation is 3. The number of nitrogens with one attached hydrogen (secondary N) is 2. The molecule has 0 aliphatic rings. The van der Waals surface area contributed by atoms with Crippen molar-refractivity contribution in [3.05, 3.63) is 33.0 Å². The van der Waals surface area contributed by atoms with Gasteiger partial charge in [-0.15, -0.1) is 11.3 Å². The summed E-state index contributed by atoms with van der Waals surface area (Å²) in [5, 5.41) is 13.4. The van der Waals surface area contributed by atoms with Gasteiger partial charge in [0.25, 0.3) is 0 Å². The number of hydrogen-bond donors (Lipinski definition) is 2.